The molecule has 32 heavy (non-hydrogen) atoms. The molecule has 1 aliphatic rings. The number of hydrogen-bond acceptors (Lipinski definition) is 6. The Bertz CT molecular complexity index is 1000. The first-order valence-electron chi connectivity index (χ1n) is 10.8. The zero-order valence-corrected chi connectivity index (χ0v) is 19.3. The van der Waals surface area contributed by atoms with E-state index in [0.717, 1.165) is 11.3 Å². The topological polar surface area (TPSA) is 89.2 Å². The minimum atomic E-state index is -0.800. The molecule has 3 rings (SSSR count). The number of Topliss-reactive ketones (excluding diaryl/α,β-unsaturated/α-hetero) is 1. The Morgan fingerprint density at radius 2 is 1.97 bits per heavy atom. The Kier molecular flexibility index (Phi) is 7.09. The van der Waals surface area contributed by atoms with Gasteiger partial charge in [0.05, 0.1) is 18.4 Å². The quantitative estimate of drug-likeness (QED) is 0.282. The number of furan rings is 1. The van der Waals surface area contributed by atoms with Crippen LogP contribution >= 0.6 is 0 Å². The number of benzene rings is 1. The van der Waals surface area contributed by atoms with Gasteiger partial charge in [0.2, 0.25) is 0 Å². The summed E-state index contributed by atoms with van der Waals surface area (Å²) in [7, 11) is 1.58. The molecule has 1 aromatic carbocycles. The summed E-state index contributed by atoms with van der Waals surface area (Å²) >= 11 is 0. The number of aliphatic hydroxyl groups is 1. The van der Waals surface area contributed by atoms with Gasteiger partial charge in [-0.25, -0.2) is 0 Å². The Morgan fingerprint density at radius 1 is 1.22 bits per heavy atom. The maximum atomic E-state index is 13.0. The molecule has 1 N–H and O–H groups in total. The Balaban J connectivity index is 2.13. The van der Waals surface area contributed by atoms with Gasteiger partial charge in [-0.15, -0.1) is 0 Å². The molecular formula is C25H31NO6. The normalized spacial score (nSPS) is 18.4. The molecule has 2 heterocycles. The average Bonchev–Trinajstić information content (AvgIpc) is 3.35. The highest BCUT2D eigenvalue weighted by molar-refractivity contribution is 6.46. The molecular weight excluding hydrogens is 410 g/mol. The molecule has 0 saturated carbocycles. The van der Waals surface area contributed by atoms with Crippen molar-refractivity contribution in [1.29, 1.82) is 0 Å². The van der Waals surface area contributed by atoms with Gasteiger partial charge < -0.3 is 23.9 Å². The van der Waals surface area contributed by atoms with E-state index < -0.39 is 17.7 Å². The van der Waals surface area contributed by atoms with Crippen LogP contribution < -0.4 is 4.74 Å². The monoisotopic (exact) mass is 441 g/mol. The number of carbonyl (C=O) groups excluding carboxylic acids is 2. The van der Waals surface area contributed by atoms with Crippen molar-refractivity contribution in [1.82, 2.24) is 4.90 Å². The molecule has 1 unspecified atom stereocenters. The fourth-order valence-electron chi connectivity index (χ4n) is 3.93. The van der Waals surface area contributed by atoms with Crippen LogP contribution in [0.2, 0.25) is 0 Å². The number of ether oxygens (including phenoxy) is 2. The highest BCUT2D eigenvalue weighted by Crippen LogP contribution is 2.41. The summed E-state index contributed by atoms with van der Waals surface area (Å²) in [5, 5.41) is 11.3. The van der Waals surface area contributed by atoms with Gasteiger partial charge in [0.15, 0.2) is 0 Å². The Morgan fingerprint density at radius 3 is 2.56 bits per heavy atom. The summed E-state index contributed by atoms with van der Waals surface area (Å²) in [6.07, 6.45) is 2.04. The lowest BCUT2D eigenvalue weighted by Crippen LogP contribution is -2.31. The van der Waals surface area contributed by atoms with Crippen molar-refractivity contribution in [3.05, 3.63) is 59.1 Å². The largest absolute Gasteiger partial charge is 0.507 e. The summed E-state index contributed by atoms with van der Waals surface area (Å²) in [6.45, 7) is 9.32. The first-order chi connectivity index (χ1) is 15.2. The van der Waals surface area contributed by atoms with Crippen LogP contribution in [-0.2, 0) is 19.7 Å². The van der Waals surface area contributed by atoms with Crippen molar-refractivity contribution < 1.29 is 28.6 Å². The number of methoxy groups -OCH3 is 1. The Labute approximate surface area is 188 Å². The van der Waals surface area contributed by atoms with Crippen LogP contribution in [0, 0.1) is 0 Å². The smallest absolute Gasteiger partial charge is 0.295 e. The van der Waals surface area contributed by atoms with Gasteiger partial charge in [-0.1, -0.05) is 20.8 Å². The zero-order chi connectivity index (χ0) is 23.5. The van der Waals surface area contributed by atoms with Gasteiger partial charge in [0, 0.05) is 31.4 Å². The zero-order valence-electron chi connectivity index (χ0n) is 19.3. The third-order valence-electron chi connectivity index (χ3n) is 5.46. The van der Waals surface area contributed by atoms with Crippen LogP contribution in [0.4, 0.5) is 0 Å². The van der Waals surface area contributed by atoms with Gasteiger partial charge in [-0.2, -0.15) is 0 Å². The summed E-state index contributed by atoms with van der Waals surface area (Å²) in [4.78, 5) is 27.3. The molecule has 0 aliphatic carbocycles. The minimum absolute atomic E-state index is 0.0198. The van der Waals surface area contributed by atoms with Crippen molar-refractivity contribution in [2.75, 3.05) is 26.9 Å². The van der Waals surface area contributed by atoms with Crippen molar-refractivity contribution in [2.45, 2.75) is 45.6 Å². The van der Waals surface area contributed by atoms with Crippen LogP contribution in [0.15, 0.2) is 46.6 Å². The summed E-state index contributed by atoms with van der Waals surface area (Å²) < 4.78 is 16.4. The number of carbonyl (C=O) groups is 2. The van der Waals surface area contributed by atoms with Gasteiger partial charge in [0.25, 0.3) is 11.7 Å². The molecule has 1 saturated heterocycles. The minimum Gasteiger partial charge on any atom is -0.507 e. The van der Waals surface area contributed by atoms with Gasteiger partial charge in [0.1, 0.15) is 23.3 Å². The predicted octanol–water partition coefficient (Wildman–Crippen LogP) is 4.43. The van der Waals surface area contributed by atoms with Gasteiger partial charge >= 0.3 is 0 Å². The molecule has 0 radical (unpaired) electrons. The molecule has 2 aromatic rings. The standard InChI is InChI=1S/C25H31NO6/c1-6-31-18-11-10-16(15-17(18)25(2,3)4)22(27)20-21(19-9-7-14-32-19)26(12-8-13-30-5)24(29)23(20)28/h7,9-11,14-15,21,27H,6,8,12-13H2,1-5H3/b22-20-. The second kappa shape index (κ2) is 9.61. The highest BCUT2D eigenvalue weighted by Gasteiger charge is 2.47. The fourth-order valence-corrected chi connectivity index (χ4v) is 3.93. The second-order valence-electron chi connectivity index (χ2n) is 8.75. The van der Waals surface area contributed by atoms with Crippen LogP contribution in [0.1, 0.15) is 57.0 Å². The lowest BCUT2D eigenvalue weighted by Gasteiger charge is -2.24. The van der Waals surface area contributed by atoms with Crippen molar-refractivity contribution >= 4 is 17.4 Å². The van der Waals surface area contributed by atoms with E-state index in [2.05, 4.69) is 0 Å². The molecule has 172 valence electrons. The maximum Gasteiger partial charge on any atom is 0.295 e. The number of aliphatic hydroxyl groups excluding tert-OH is 1. The molecule has 1 atom stereocenters. The van der Waals surface area contributed by atoms with Crippen molar-refractivity contribution in [3.8, 4) is 5.75 Å². The van der Waals surface area contributed by atoms with Crippen LogP contribution in [-0.4, -0.2) is 48.6 Å². The molecule has 1 amide bonds. The van der Waals surface area contributed by atoms with Crippen LogP contribution in [0.3, 0.4) is 0 Å². The van der Waals surface area contributed by atoms with Crippen LogP contribution in [0.25, 0.3) is 5.76 Å². The van der Waals surface area contributed by atoms with Gasteiger partial charge in [-0.05, 0) is 49.1 Å². The van der Waals surface area contributed by atoms with E-state index in [1.807, 2.05) is 33.8 Å². The molecule has 1 fully saturated rings. The number of rotatable bonds is 8. The first kappa shape index (κ1) is 23.6. The molecule has 0 bridgehead atoms. The number of nitrogens with zero attached hydrogens (tertiary/aromatic N) is 1. The van der Waals surface area contributed by atoms with Gasteiger partial charge in [-0.3, -0.25) is 9.59 Å². The maximum absolute atomic E-state index is 13.0. The lowest BCUT2D eigenvalue weighted by atomic mass is 9.84. The number of hydrogen-bond donors (Lipinski definition) is 1. The number of likely N-dealkylation sites (tertiary alicyclic amines) is 1. The van der Waals surface area contributed by atoms with E-state index in [0.29, 0.717) is 37.5 Å². The second-order valence-corrected chi connectivity index (χ2v) is 8.75. The summed E-state index contributed by atoms with van der Waals surface area (Å²) in [5.41, 5.74) is 1.11. The number of ketones is 1. The highest BCUT2D eigenvalue weighted by atomic mass is 16.5. The summed E-state index contributed by atoms with van der Waals surface area (Å²) in [5.74, 6) is -0.476. The molecule has 7 heteroatoms. The third kappa shape index (κ3) is 4.58. The van der Waals surface area contributed by atoms with Crippen molar-refractivity contribution in [2.24, 2.45) is 0 Å². The van der Waals surface area contributed by atoms with E-state index in [-0.39, 0.29) is 16.7 Å². The molecule has 1 aromatic heterocycles. The SMILES string of the molecule is CCOc1ccc(/C(O)=C2/C(=O)C(=O)N(CCCOC)C2c2ccco2)cc1C(C)(C)C. The van der Waals surface area contributed by atoms with Crippen molar-refractivity contribution in [3.63, 3.8) is 0 Å². The molecule has 0 spiro atoms. The van der Waals surface area contributed by atoms with E-state index in [4.69, 9.17) is 13.9 Å². The average molecular weight is 442 g/mol. The fraction of sp³-hybridized carbons (Fsp3) is 0.440. The third-order valence-corrected chi connectivity index (χ3v) is 5.46. The summed E-state index contributed by atoms with van der Waals surface area (Å²) in [6, 6.07) is 7.90. The Hall–Kier alpha value is -3.06. The van der Waals surface area contributed by atoms with Crippen LogP contribution in [0.5, 0.6) is 5.75 Å². The van der Waals surface area contributed by atoms with E-state index in [1.54, 1.807) is 31.4 Å². The van der Waals surface area contributed by atoms with E-state index in [9.17, 15) is 14.7 Å². The molecule has 1 aliphatic heterocycles. The van der Waals surface area contributed by atoms with E-state index in [1.165, 1.54) is 11.2 Å². The number of amides is 1. The molecule has 7 nitrogen and oxygen atoms in total. The lowest BCUT2D eigenvalue weighted by molar-refractivity contribution is -0.140. The predicted molar refractivity (Wildman–Crippen MR) is 121 cm³/mol. The van der Waals surface area contributed by atoms with E-state index >= 15 is 0 Å². The first-order valence-corrected chi connectivity index (χ1v) is 10.8.